The maximum Gasteiger partial charge on any atom is 0.356 e. The van der Waals surface area contributed by atoms with Gasteiger partial charge in [-0.15, -0.1) is 0 Å². The zero-order valence-electron chi connectivity index (χ0n) is 10.7. The quantitative estimate of drug-likeness (QED) is 0.769. The molecule has 1 heterocycles. The van der Waals surface area contributed by atoms with Gasteiger partial charge in [0.05, 0.1) is 5.60 Å². The van der Waals surface area contributed by atoms with Crippen LogP contribution in [0.15, 0.2) is 0 Å². The summed E-state index contributed by atoms with van der Waals surface area (Å²) in [6.45, 7) is 5.56. The number of aromatic carboxylic acids is 1. The summed E-state index contributed by atoms with van der Waals surface area (Å²) in [6.07, 6.45) is 0. The first-order chi connectivity index (χ1) is 8.26. The van der Waals surface area contributed by atoms with Crippen molar-refractivity contribution in [3.63, 3.8) is 0 Å². The summed E-state index contributed by atoms with van der Waals surface area (Å²) in [5.74, 6) is -1.50. The summed E-state index contributed by atoms with van der Waals surface area (Å²) in [5, 5.41) is 12.3. The summed E-state index contributed by atoms with van der Waals surface area (Å²) in [4.78, 5) is 26.3. The Balaban J connectivity index is 2.89. The predicted molar refractivity (Wildman–Crippen MR) is 68.7 cm³/mol. The maximum atomic E-state index is 11.3. The fourth-order valence-electron chi connectivity index (χ4n) is 1.14. The molecule has 0 fully saturated rings. The molecule has 0 spiro atoms. The fraction of sp³-hybridized carbons (Fsp3) is 0.545. The van der Waals surface area contributed by atoms with E-state index in [1.807, 2.05) is 13.8 Å². The number of thiazole rings is 1. The van der Waals surface area contributed by atoms with Crippen molar-refractivity contribution < 1.29 is 19.4 Å². The number of anilines is 1. The molecule has 0 bridgehead atoms. The van der Waals surface area contributed by atoms with E-state index in [0.717, 1.165) is 11.3 Å². The normalized spacial score (nSPS) is 11.3. The molecule has 0 amide bonds. The van der Waals surface area contributed by atoms with Gasteiger partial charge in [-0.25, -0.2) is 9.78 Å². The van der Waals surface area contributed by atoms with Gasteiger partial charge >= 0.3 is 5.97 Å². The Morgan fingerprint density at radius 2 is 2.11 bits per heavy atom. The number of ether oxygens (including phenoxy) is 1. The van der Waals surface area contributed by atoms with E-state index in [4.69, 9.17) is 9.84 Å². The van der Waals surface area contributed by atoms with Crippen molar-refractivity contribution in [2.45, 2.75) is 26.4 Å². The second kappa shape index (κ2) is 5.45. The fourth-order valence-corrected chi connectivity index (χ4v) is 1.99. The molecule has 0 atom stereocenters. The number of carboxylic acid groups (broad SMARTS) is 1. The van der Waals surface area contributed by atoms with E-state index in [1.165, 1.54) is 6.92 Å². The monoisotopic (exact) mass is 272 g/mol. The number of nitrogens with one attached hydrogen (secondary N) is 1. The van der Waals surface area contributed by atoms with E-state index in [0.29, 0.717) is 11.7 Å². The number of hydrogen-bond acceptors (Lipinski definition) is 6. The van der Waals surface area contributed by atoms with Crippen LogP contribution in [-0.4, -0.2) is 41.1 Å². The molecule has 2 N–H and O–H groups in total. The van der Waals surface area contributed by atoms with Crippen molar-refractivity contribution in [2.24, 2.45) is 0 Å². The first-order valence-corrected chi connectivity index (χ1v) is 6.12. The number of carboxylic acids is 1. The molecule has 0 saturated heterocycles. The summed E-state index contributed by atoms with van der Waals surface area (Å²) >= 11 is 1.04. The van der Waals surface area contributed by atoms with E-state index in [-0.39, 0.29) is 16.4 Å². The van der Waals surface area contributed by atoms with Gasteiger partial charge in [0.25, 0.3) is 0 Å². The lowest BCUT2D eigenvalue weighted by molar-refractivity contribution is 0.0344. The van der Waals surface area contributed by atoms with Crippen molar-refractivity contribution in [2.75, 3.05) is 19.0 Å². The molecule has 0 unspecified atom stereocenters. The number of nitrogens with zero attached hydrogens (tertiary/aromatic N) is 1. The Bertz CT molecular complexity index is 436. The van der Waals surface area contributed by atoms with Gasteiger partial charge in [0.15, 0.2) is 16.6 Å². The molecule has 1 aromatic heterocycles. The van der Waals surface area contributed by atoms with E-state index in [1.54, 1.807) is 7.11 Å². The number of Topliss-reactive ketones (excluding diaryl/α,β-unsaturated/α-hetero) is 1. The van der Waals surface area contributed by atoms with E-state index >= 15 is 0 Å². The third kappa shape index (κ3) is 3.51. The molecule has 0 radical (unpaired) electrons. The molecule has 1 aromatic rings. The lowest BCUT2D eigenvalue weighted by Gasteiger charge is -2.22. The van der Waals surface area contributed by atoms with Crippen molar-refractivity contribution in [1.29, 1.82) is 0 Å². The summed E-state index contributed by atoms with van der Waals surface area (Å²) in [7, 11) is 1.59. The van der Waals surface area contributed by atoms with Gasteiger partial charge in [0.1, 0.15) is 4.88 Å². The van der Waals surface area contributed by atoms with Gasteiger partial charge in [-0.2, -0.15) is 0 Å². The third-order valence-corrected chi connectivity index (χ3v) is 3.48. The number of methoxy groups -OCH3 is 1. The van der Waals surface area contributed by atoms with Gasteiger partial charge in [-0.3, -0.25) is 4.79 Å². The number of rotatable bonds is 6. The van der Waals surface area contributed by atoms with Crippen LogP contribution < -0.4 is 5.32 Å². The van der Waals surface area contributed by atoms with Gasteiger partial charge < -0.3 is 15.2 Å². The Kier molecular flexibility index (Phi) is 4.42. The maximum absolute atomic E-state index is 11.3. The topological polar surface area (TPSA) is 88.5 Å². The van der Waals surface area contributed by atoms with Crippen molar-refractivity contribution in [3.05, 3.63) is 10.6 Å². The van der Waals surface area contributed by atoms with E-state index in [2.05, 4.69) is 10.3 Å². The number of carbonyl (C=O) groups excluding carboxylic acids is 1. The lowest BCUT2D eigenvalue weighted by atomic mass is 10.1. The Morgan fingerprint density at radius 1 is 1.50 bits per heavy atom. The number of ketones is 1. The summed E-state index contributed by atoms with van der Waals surface area (Å²) in [5.41, 5.74) is -0.601. The average molecular weight is 272 g/mol. The second-order valence-electron chi connectivity index (χ2n) is 4.38. The van der Waals surface area contributed by atoms with Crippen LogP contribution in [0.3, 0.4) is 0 Å². The highest BCUT2D eigenvalue weighted by molar-refractivity contribution is 7.17. The first-order valence-electron chi connectivity index (χ1n) is 5.31. The molecule has 0 aliphatic heterocycles. The minimum Gasteiger partial charge on any atom is -0.476 e. The second-order valence-corrected chi connectivity index (χ2v) is 5.37. The van der Waals surface area contributed by atoms with Crippen molar-refractivity contribution in [1.82, 2.24) is 4.98 Å². The zero-order valence-corrected chi connectivity index (χ0v) is 11.6. The van der Waals surface area contributed by atoms with Gasteiger partial charge in [0, 0.05) is 20.6 Å². The number of carbonyl (C=O) groups is 2. The van der Waals surface area contributed by atoms with Crippen LogP contribution in [0.5, 0.6) is 0 Å². The highest BCUT2D eigenvalue weighted by Crippen LogP contribution is 2.24. The molecule has 100 valence electrons. The molecule has 7 heteroatoms. The lowest BCUT2D eigenvalue weighted by Crippen LogP contribution is -2.32. The molecule has 18 heavy (non-hydrogen) atoms. The zero-order chi connectivity index (χ0) is 13.9. The molecule has 0 aliphatic rings. The van der Waals surface area contributed by atoms with Crippen LogP contribution in [0.25, 0.3) is 0 Å². The molecular weight excluding hydrogens is 256 g/mol. The number of aromatic nitrogens is 1. The Morgan fingerprint density at radius 3 is 2.50 bits per heavy atom. The van der Waals surface area contributed by atoms with Gasteiger partial charge in [-0.1, -0.05) is 11.3 Å². The number of hydrogen-bond donors (Lipinski definition) is 2. The van der Waals surface area contributed by atoms with Gasteiger partial charge in [0.2, 0.25) is 0 Å². The van der Waals surface area contributed by atoms with E-state index < -0.39 is 11.6 Å². The van der Waals surface area contributed by atoms with Crippen LogP contribution in [0.1, 0.15) is 40.9 Å². The minimum atomic E-state index is -1.20. The highest BCUT2D eigenvalue weighted by Gasteiger charge is 2.22. The van der Waals surface area contributed by atoms with Crippen LogP contribution in [0.2, 0.25) is 0 Å². The molecule has 0 saturated carbocycles. The summed E-state index contributed by atoms with van der Waals surface area (Å²) < 4.78 is 5.22. The average Bonchev–Trinajstić information content (AvgIpc) is 2.71. The molecule has 1 rings (SSSR count). The largest absolute Gasteiger partial charge is 0.476 e. The first kappa shape index (κ1) is 14.6. The molecule has 0 aromatic carbocycles. The molecule has 0 aliphatic carbocycles. The van der Waals surface area contributed by atoms with Crippen LogP contribution in [0, 0.1) is 0 Å². The standard InChI is InChI=1S/C11H16N2O4S/c1-6(14)8-7(9(15)16)13-10(18-8)12-5-11(2,3)17-4/h5H2,1-4H3,(H,12,13)(H,15,16). The van der Waals surface area contributed by atoms with Crippen LogP contribution >= 0.6 is 11.3 Å². The van der Waals surface area contributed by atoms with E-state index in [9.17, 15) is 9.59 Å². The third-order valence-electron chi connectivity index (χ3n) is 2.37. The van der Waals surface area contributed by atoms with Crippen LogP contribution in [-0.2, 0) is 4.74 Å². The predicted octanol–water partition coefficient (Wildman–Crippen LogP) is 1.88. The molecule has 6 nitrogen and oxygen atoms in total. The minimum absolute atomic E-state index is 0.153. The smallest absolute Gasteiger partial charge is 0.356 e. The van der Waals surface area contributed by atoms with Crippen molar-refractivity contribution >= 4 is 28.2 Å². The Hall–Kier alpha value is -1.47. The highest BCUT2D eigenvalue weighted by atomic mass is 32.1. The SMILES string of the molecule is COC(C)(C)CNc1nc(C(=O)O)c(C(C)=O)s1. The van der Waals surface area contributed by atoms with Crippen LogP contribution in [0.4, 0.5) is 5.13 Å². The van der Waals surface area contributed by atoms with Crippen molar-refractivity contribution in [3.8, 4) is 0 Å². The summed E-state index contributed by atoms with van der Waals surface area (Å²) in [6, 6.07) is 0. The van der Waals surface area contributed by atoms with Gasteiger partial charge in [-0.05, 0) is 13.8 Å². The molecular formula is C11H16N2O4S. The Labute approximate surface area is 109 Å².